The first-order chi connectivity index (χ1) is 14.0. The molecule has 1 aliphatic rings. The standard InChI is InChI=1S/C23H36N4O2/c1-17(2)21-14-19(24-25-21)15-27-11-6-7-20(16-27)26(3)12-10-18-8-9-22(28-4)23(13-18)29-5/h8-9,13-14,17,20H,6-7,10-12,15-16H2,1-5H3,(H,24,25)/t20-/m1/s1. The second-order valence-corrected chi connectivity index (χ2v) is 8.42. The van der Waals surface area contributed by atoms with Crippen LogP contribution in [0.5, 0.6) is 11.5 Å². The average molecular weight is 401 g/mol. The number of hydrogen-bond donors (Lipinski definition) is 1. The zero-order chi connectivity index (χ0) is 20.8. The third-order valence-electron chi connectivity index (χ3n) is 5.94. The molecule has 1 fully saturated rings. The van der Waals surface area contributed by atoms with Crippen molar-refractivity contribution in [2.75, 3.05) is 40.9 Å². The van der Waals surface area contributed by atoms with Crippen molar-refractivity contribution in [2.45, 2.75) is 51.6 Å². The van der Waals surface area contributed by atoms with E-state index < -0.39 is 0 Å². The van der Waals surface area contributed by atoms with Crippen molar-refractivity contribution in [1.82, 2.24) is 20.0 Å². The van der Waals surface area contributed by atoms with Crippen LogP contribution in [0.2, 0.25) is 0 Å². The molecule has 1 aliphatic heterocycles. The summed E-state index contributed by atoms with van der Waals surface area (Å²) in [5, 5.41) is 7.66. The van der Waals surface area contributed by atoms with Gasteiger partial charge in [0.25, 0.3) is 0 Å². The van der Waals surface area contributed by atoms with Gasteiger partial charge in [0.1, 0.15) is 0 Å². The first-order valence-electron chi connectivity index (χ1n) is 10.7. The summed E-state index contributed by atoms with van der Waals surface area (Å²) in [6, 6.07) is 9.02. The van der Waals surface area contributed by atoms with E-state index >= 15 is 0 Å². The number of nitrogens with zero attached hydrogens (tertiary/aromatic N) is 3. The molecule has 2 aromatic rings. The van der Waals surface area contributed by atoms with E-state index in [0.29, 0.717) is 12.0 Å². The molecule has 1 atom stereocenters. The summed E-state index contributed by atoms with van der Waals surface area (Å²) in [5.41, 5.74) is 3.66. The smallest absolute Gasteiger partial charge is 0.160 e. The molecular formula is C23H36N4O2. The molecule has 0 amide bonds. The van der Waals surface area contributed by atoms with E-state index in [4.69, 9.17) is 9.47 Å². The molecular weight excluding hydrogens is 364 g/mol. The summed E-state index contributed by atoms with van der Waals surface area (Å²) in [6.07, 6.45) is 3.52. The molecule has 29 heavy (non-hydrogen) atoms. The number of nitrogens with one attached hydrogen (secondary N) is 1. The fourth-order valence-corrected chi connectivity index (χ4v) is 4.06. The van der Waals surface area contributed by atoms with Crippen molar-refractivity contribution in [3.8, 4) is 11.5 Å². The predicted octanol–water partition coefficient (Wildman–Crippen LogP) is 3.69. The van der Waals surface area contributed by atoms with Crippen LogP contribution in [0.15, 0.2) is 24.3 Å². The van der Waals surface area contributed by atoms with E-state index in [-0.39, 0.29) is 0 Å². The van der Waals surface area contributed by atoms with Crippen LogP contribution in [-0.4, -0.2) is 66.9 Å². The fraction of sp³-hybridized carbons (Fsp3) is 0.609. The van der Waals surface area contributed by atoms with Gasteiger partial charge in [-0.1, -0.05) is 19.9 Å². The lowest BCUT2D eigenvalue weighted by Gasteiger charge is -2.37. The van der Waals surface area contributed by atoms with E-state index in [0.717, 1.165) is 49.8 Å². The summed E-state index contributed by atoms with van der Waals surface area (Å²) >= 11 is 0. The summed E-state index contributed by atoms with van der Waals surface area (Å²) in [4.78, 5) is 5.06. The van der Waals surface area contributed by atoms with Crippen LogP contribution in [0.3, 0.4) is 0 Å². The normalized spacial score (nSPS) is 17.8. The van der Waals surface area contributed by atoms with Crippen LogP contribution in [-0.2, 0) is 13.0 Å². The van der Waals surface area contributed by atoms with Gasteiger partial charge in [0.05, 0.1) is 19.9 Å². The number of likely N-dealkylation sites (tertiary alicyclic amines) is 1. The number of benzene rings is 1. The monoisotopic (exact) mass is 400 g/mol. The average Bonchev–Trinajstić information content (AvgIpc) is 3.20. The van der Waals surface area contributed by atoms with Crippen molar-refractivity contribution >= 4 is 0 Å². The van der Waals surface area contributed by atoms with Crippen molar-refractivity contribution in [1.29, 1.82) is 0 Å². The van der Waals surface area contributed by atoms with Crippen LogP contribution in [0, 0.1) is 0 Å². The molecule has 6 nitrogen and oxygen atoms in total. The third kappa shape index (κ3) is 5.73. The summed E-state index contributed by atoms with van der Waals surface area (Å²) in [7, 11) is 5.61. The number of rotatable bonds is 9. The van der Waals surface area contributed by atoms with E-state index in [1.54, 1.807) is 14.2 Å². The second-order valence-electron chi connectivity index (χ2n) is 8.42. The number of hydrogen-bond acceptors (Lipinski definition) is 5. The Kier molecular flexibility index (Phi) is 7.56. The van der Waals surface area contributed by atoms with Crippen LogP contribution in [0.4, 0.5) is 0 Å². The molecule has 0 unspecified atom stereocenters. The molecule has 1 aromatic carbocycles. The molecule has 0 saturated carbocycles. The van der Waals surface area contributed by atoms with Gasteiger partial charge in [-0.25, -0.2) is 0 Å². The van der Waals surface area contributed by atoms with Crippen LogP contribution in [0.25, 0.3) is 0 Å². The number of aromatic amines is 1. The zero-order valence-corrected chi connectivity index (χ0v) is 18.6. The van der Waals surface area contributed by atoms with Crippen molar-refractivity contribution in [3.05, 3.63) is 41.2 Å². The predicted molar refractivity (Wildman–Crippen MR) is 117 cm³/mol. The van der Waals surface area contributed by atoms with Gasteiger partial charge in [-0.3, -0.25) is 10.00 Å². The molecule has 160 valence electrons. The Bertz CT molecular complexity index is 774. The SMILES string of the molecule is COc1ccc(CCN(C)[C@@H]2CCCN(Cc3cc(C(C)C)n[nH]3)C2)cc1OC. The van der Waals surface area contributed by atoms with Gasteiger partial charge in [0.2, 0.25) is 0 Å². The van der Waals surface area contributed by atoms with Crippen LogP contribution >= 0.6 is 0 Å². The lowest BCUT2D eigenvalue weighted by Crippen LogP contribution is -2.46. The molecule has 1 N–H and O–H groups in total. The Morgan fingerprint density at radius 1 is 1.21 bits per heavy atom. The minimum absolute atomic E-state index is 0.469. The lowest BCUT2D eigenvalue weighted by molar-refractivity contribution is 0.111. The fourth-order valence-electron chi connectivity index (χ4n) is 4.06. The van der Waals surface area contributed by atoms with Gasteiger partial charge in [-0.2, -0.15) is 5.10 Å². The number of methoxy groups -OCH3 is 2. The highest BCUT2D eigenvalue weighted by molar-refractivity contribution is 5.42. The van der Waals surface area contributed by atoms with Crippen LogP contribution in [0.1, 0.15) is 49.6 Å². The Morgan fingerprint density at radius 2 is 2.00 bits per heavy atom. The maximum absolute atomic E-state index is 5.43. The lowest BCUT2D eigenvalue weighted by atomic mass is 10.0. The van der Waals surface area contributed by atoms with Gasteiger partial charge >= 0.3 is 0 Å². The van der Waals surface area contributed by atoms with Gasteiger partial charge in [-0.05, 0) is 62.5 Å². The Hall–Kier alpha value is -2.05. The van der Waals surface area contributed by atoms with Gasteiger partial charge in [0.15, 0.2) is 11.5 Å². The largest absolute Gasteiger partial charge is 0.493 e. The maximum Gasteiger partial charge on any atom is 0.160 e. The highest BCUT2D eigenvalue weighted by atomic mass is 16.5. The highest BCUT2D eigenvalue weighted by Gasteiger charge is 2.23. The Labute approximate surface area is 175 Å². The molecule has 0 aliphatic carbocycles. The first kappa shape index (κ1) is 21.7. The molecule has 0 radical (unpaired) electrons. The third-order valence-corrected chi connectivity index (χ3v) is 5.94. The highest BCUT2D eigenvalue weighted by Crippen LogP contribution is 2.28. The van der Waals surface area contributed by atoms with Gasteiger partial charge < -0.3 is 14.4 Å². The Morgan fingerprint density at radius 3 is 2.69 bits per heavy atom. The summed E-state index contributed by atoms with van der Waals surface area (Å²) < 4.78 is 10.8. The minimum Gasteiger partial charge on any atom is -0.493 e. The van der Waals surface area contributed by atoms with E-state index in [2.05, 4.69) is 59.1 Å². The number of piperidine rings is 1. The molecule has 2 heterocycles. The van der Waals surface area contributed by atoms with Gasteiger partial charge in [-0.15, -0.1) is 0 Å². The number of aromatic nitrogens is 2. The topological polar surface area (TPSA) is 53.6 Å². The number of H-pyrrole nitrogens is 1. The molecule has 0 spiro atoms. The van der Waals surface area contributed by atoms with Crippen molar-refractivity contribution in [2.24, 2.45) is 0 Å². The molecule has 3 rings (SSSR count). The van der Waals surface area contributed by atoms with Crippen LogP contribution < -0.4 is 9.47 Å². The number of likely N-dealkylation sites (N-methyl/N-ethyl adjacent to an activating group) is 1. The molecule has 6 heteroatoms. The maximum atomic E-state index is 5.43. The molecule has 0 bridgehead atoms. The van der Waals surface area contributed by atoms with E-state index in [9.17, 15) is 0 Å². The second kappa shape index (κ2) is 10.1. The van der Waals surface area contributed by atoms with Gasteiger partial charge in [0, 0.05) is 31.4 Å². The minimum atomic E-state index is 0.469. The Balaban J connectivity index is 1.52. The zero-order valence-electron chi connectivity index (χ0n) is 18.6. The summed E-state index contributed by atoms with van der Waals surface area (Å²) in [6.45, 7) is 8.64. The number of ether oxygens (including phenoxy) is 2. The molecule has 1 aromatic heterocycles. The van der Waals surface area contributed by atoms with E-state index in [1.807, 2.05) is 6.07 Å². The quantitative estimate of drug-likeness (QED) is 0.696. The van der Waals surface area contributed by atoms with E-state index in [1.165, 1.54) is 24.1 Å². The molecule has 1 saturated heterocycles. The van der Waals surface area contributed by atoms with Crippen molar-refractivity contribution < 1.29 is 9.47 Å². The first-order valence-corrected chi connectivity index (χ1v) is 10.7. The van der Waals surface area contributed by atoms with Crippen molar-refractivity contribution in [3.63, 3.8) is 0 Å². The summed E-state index contributed by atoms with van der Waals surface area (Å²) in [5.74, 6) is 2.06.